The van der Waals surface area contributed by atoms with Gasteiger partial charge in [-0.15, -0.1) is 0 Å². The molecular formula is C22H22N8O. The first-order valence-corrected chi connectivity index (χ1v) is 10.2. The Morgan fingerprint density at radius 2 is 2.06 bits per heavy atom. The molecule has 0 saturated heterocycles. The van der Waals surface area contributed by atoms with Crippen LogP contribution in [0.3, 0.4) is 0 Å². The Labute approximate surface area is 179 Å². The molecule has 5 rings (SSSR count). The molecule has 0 aromatic carbocycles. The Kier molecular flexibility index (Phi) is 4.78. The summed E-state index contributed by atoms with van der Waals surface area (Å²) in [5.41, 5.74) is 5.28. The molecule has 4 aromatic rings. The molecule has 0 unspecified atom stereocenters. The highest BCUT2D eigenvalue weighted by Gasteiger charge is 2.23. The number of likely N-dealkylation sites (N-methyl/N-ethyl adjacent to an activating group) is 1. The SMILES string of the molecule is Cc1ccc(NC(=O)CN(C)c2nc(-c3cc4cn[nH]c4cn3)nc3c2CCC3)cn1. The fourth-order valence-electron chi connectivity index (χ4n) is 3.84. The molecule has 1 aliphatic carbocycles. The lowest BCUT2D eigenvalue weighted by Gasteiger charge is -2.21. The lowest BCUT2D eigenvalue weighted by atomic mass is 10.2. The molecule has 0 fully saturated rings. The third-order valence-corrected chi connectivity index (χ3v) is 5.40. The summed E-state index contributed by atoms with van der Waals surface area (Å²) in [4.78, 5) is 32.8. The molecule has 9 nitrogen and oxygen atoms in total. The maximum absolute atomic E-state index is 12.6. The van der Waals surface area contributed by atoms with Crippen molar-refractivity contribution < 1.29 is 4.79 Å². The summed E-state index contributed by atoms with van der Waals surface area (Å²) in [5.74, 6) is 1.22. The molecule has 156 valence electrons. The average molecular weight is 414 g/mol. The van der Waals surface area contributed by atoms with Gasteiger partial charge in [-0.2, -0.15) is 5.10 Å². The highest BCUT2D eigenvalue weighted by Crippen LogP contribution is 2.31. The molecule has 1 amide bonds. The van der Waals surface area contributed by atoms with Crippen molar-refractivity contribution >= 4 is 28.3 Å². The minimum Gasteiger partial charge on any atom is -0.350 e. The molecule has 9 heteroatoms. The van der Waals surface area contributed by atoms with Crippen LogP contribution >= 0.6 is 0 Å². The predicted molar refractivity (Wildman–Crippen MR) is 118 cm³/mol. The van der Waals surface area contributed by atoms with Crippen LogP contribution in [-0.2, 0) is 17.6 Å². The number of pyridine rings is 2. The number of aromatic amines is 1. The van der Waals surface area contributed by atoms with E-state index in [0.29, 0.717) is 17.2 Å². The van der Waals surface area contributed by atoms with Gasteiger partial charge in [0.2, 0.25) is 5.91 Å². The molecule has 0 atom stereocenters. The molecule has 2 N–H and O–H groups in total. The number of hydrogen-bond donors (Lipinski definition) is 2. The molecule has 0 radical (unpaired) electrons. The van der Waals surface area contributed by atoms with Gasteiger partial charge in [0.15, 0.2) is 5.82 Å². The molecule has 0 aliphatic heterocycles. The third-order valence-electron chi connectivity index (χ3n) is 5.40. The maximum Gasteiger partial charge on any atom is 0.243 e. The van der Waals surface area contributed by atoms with Gasteiger partial charge in [0.25, 0.3) is 0 Å². The number of rotatable bonds is 5. The second-order valence-electron chi connectivity index (χ2n) is 7.77. The number of hydrogen-bond acceptors (Lipinski definition) is 7. The van der Waals surface area contributed by atoms with E-state index in [4.69, 9.17) is 9.97 Å². The second kappa shape index (κ2) is 7.75. The van der Waals surface area contributed by atoms with Crippen molar-refractivity contribution in [3.8, 4) is 11.5 Å². The van der Waals surface area contributed by atoms with Crippen LogP contribution in [0.1, 0.15) is 23.4 Å². The first kappa shape index (κ1) is 19.1. The Morgan fingerprint density at radius 1 is 1.16 bits per heavy atom. The second-order valence-corrected chi connectivity index (χ2v) is 7.77. The maximum atomic E-state index is 12.6. The van der Waals surface area contributed by atoms with Gasteiger partial charge in [-0.3, -0.25) is 19.9 Å². The van der Waals surface area contributed by atoms with Gasteiger partial charge in [0.1, 0.15) is 11.5 Å². The van der Waals surface area contributed by atoms with E-state index in [1.165, 1.54) is 0 Å². The summed E-state index contributed by atoms with van der Waals surface area (Å²) in [6, 6.07) is 5.64. The summed E-state index contributed by atoms with van der Waals surface area (Å²) in [7, 11) is 1.88. The Balaban J connectivity index is 1.42. The number of carbonyl (C=O) groups is 1. The lowest BCUT2D eigenvalue weighted by Crippen LogP contribution is -2.31. The van der Waals surface area contributed by atoms with E-state index in [0.717, 1.165) is 52.9 Å². The van der Waals surface area contributed by atoms with Gasteiger partial charge >= 0.3 is 0 Å². The summed E-state index contributed by atoms with van der Waals surface area (Å²) in [5, 5.41) is 10.8. The van der Waals surface area contributed by atoms with Crippen molar-refractivity contribution in [2.24, 2.45) is 0 Å². The van der Waals surface area contributed by atoms with E-state index in [-0.39, 0.29) is 12.5 Å². The van der Waals surface area contributed by atoms with E-state index >= 15 is 0 Å². The number of amides is 1. The standard InChI is InChI=1S/C22H22N8O/c1-13-6-7-15(10-23-13)26-20(31)12-30(2)22-16-4-3-5-17(16)27-21(28-22)18-8-14-9-25-29-19(14)11-24-18/h6-11H,3-5,12H2,1-2H3,(H,25,29)(H,26,31). The van der Waals surface area contributed by atoms with Crippen LogP contribution in [0.25, 0.3) is 22.4 Å². The molecule has 4 heterocycles. The van der Waals surface area contributed by atoms with Crippen molar-refractivity contribution in [2.45, 2.75) is 26.2 Å². The quantitative estimate of drug-likeness (QED) is 0.516. The fourth-order valence-corrected chi connectivity index (χ4v) is 3.84. The van der Waals surface area contributed by atoms with Crippen molar-refractivity contribution in [3.63, 3.8) is 0 Å². The van der Waals surface area contributed by atoms with Gasteiger partial charge < -0.3 is 10.2 Å². The first-order chi connectivity index (χ1) is 15.1. The smallest absolute Gasteiger partial charge is 0.243 e. The van der Waals surface area contributed by atoms with Crippen LogP contribution in [-0.4, -0.2) is 49.6 Å². The van der Waals surface area contributed by atoms with Crippen molar-refractivity contribution in [1.82, 2.24) is 30.1 Å². The van der Waals surface area contributed by atoms with Crippen LogP contribution < -0.4 is 10.2 Å². The van der Waals surface area contributed by atoms with Gasteiger partial charge in [0.05, 0.1) is 36.3 Å². The van der Waals surface area contributed by atoms with Gasteiger partial charge in [-0.25, -0.2) is 9.97 Å². The monoisotopic (exact) mass is 414 g/mol. The zero-order valence-corrected chi connectivity index (χ0v) is 17.4. The zero-order valence-electron chi connectivity index (χ0n) is 17.4. The van der Waals surface area contributed by atoms with Crippen LogP contribution in [0.2, 0.25) is 0 Å². The van der Waals surface area contributed by atoms with Crippen LogP contribution in [0.5, 0.6) is 0 Å². The fraction of sp³-hybridized carbons (Fsp3) is 0.273. The number of carbonyl (C=O) groups excluding carboxylic acids is 1. The highest BCUT2D eigenvalue weighted by molar-refractivity contribution is 5.94. The summed E-state index contributed by atoms with van der Waals surface area (Å²) < 4.78 is 0. The zero-order chi connectivity index (χ0) is 21.4. The minimum absolute atomic E-state index is 0.127. The molecule has 0 saturated carbocycles. The number of anilines is 2. The molecule has 0 bridgehead atoms. The van der Waals surface area contributed by atoms with Crippen molar-refractivity contribution in [1.29, 1.82) is 0 Å². The van der Waals surface area contributed by atoms with E-state index in [1.54, 1.807) is 18.6 Å². The number of fused-ring (bicyclic) bond motifs is 2. The van der Waals surface area contributed by atoms with E-state index in [2.05, 4.69) is 25.5 Å². The van der Waals surface area contributed by atoms with Gasteiger partial charge in [-0.1, -0.05) is 0 Å². The Hall–Kier alpha value is -3.88. The summed E-state index contributed by atoms with van der Waals surface area (Å²) in [6.07, 6.45) is 7.99. The average Bonchev–Trinajstić information content (AvgIpc) is 3.43. The molecule has 31 heavy (non-hydrogen) atoms. The van der Waals surface area contributed by atoms with Crippen molar-refractivity contribution in [3.05, 3.63) is 53.7 Å². The van der Waals surface area contributed by atoms with Crippen LogP contribution in [0, 0.1) is 6.92 Å². The molecule has 4 aromatic heterocycles. The van der Waals surface area contributed by atoms with Crippen LogP contribution in [0.15, 0.2) is 36.8 Å². The number of aromatic nitrogens is 6. The topological polar surface area (TPSA) is 113 Å². The van der Waals surface area contributed by atoms with Crippen LogP contribution in [0.4, 0.5) is 11.5 Å². The number of aryl methyl sites for hydroxylation is 2. The first-order valence-electron chi connectivity index (χ1n) is 10.2. The molecule has 1 aliphatic rings. The minimum atomic E-state index is -0.127. The van der Waals surface area contributed by atoms with E-state index < -0.39 is 0 Å². The Morgan fingerprint density at radius 3 is 2.90 bits per heavy atom. The normalized spacial score (nSPS) is 12.7. The predicted octanol–water partition coefficient (Wildman–Crippen LogP) is 2.68. The largest absolute Gasteiger partial charge is 0.350 e. The number of nitrogens with one attached hydrogen (secondary N) is 2. The van der Waals surface area contributed by atoms with Gasteiger partial charge in [-0.05, 0) is 44.4 Å². The molecule has 0 spiro atoms. The third kappa shape index (κ3) is 3.81. The number of nitrogens with zero attached hydrogens (tertiary/aromatic N) is 6. The lowest BCUT2D eigenvalue weighted by molar-refractivity contribution is -0.114. The summed E-state index contributed by atoms with van der Waals surface area (Å²) in [6.45, 7) is 2.08. The highest BCUT2D eigenvalue weighted by atomic mass is 16.2. The molecular weight excluding hydrogens is 392 g/mol. The van der Waals surface area contributed by atoms with E-state index in [9.17, 15) is 4.79 Å². The van der Waals surface area contributed by atoms with E-state index in [1.807, 2.05) is 37.1 Å². The number of H-pyrrole nitrogens is 1. The van der Waals surface area contributed by atoms with Gasteiger partial charge in [0, 0.05) is 29.4 Å². The van der Waals surface area contributed by atoms with Crippen molar-refractivity contribution in [2.75, 3.05) is 23.8 Å². The Bertz CT molecular complexity index is 1260. The summed E-state index contributed by atoms with van der Waals surface area (Å²) >= 11 is 0.